The van der Waals surface area contributed by atoms with Gasteiger partial charge in [-0.15, -0.1) is 0 Å². The van der Waals surface area contributed by atoms with Gasteiger partial charge in [0.05, 0.1) is 22.4 Å². The van der Waals surface area contributed by atoms with Crippen LogP contribution < -0.4 is 0 Å². The number of nitrogens with zero attached hydrogens (tertiary/aromatic N) is 2. The Hall–Kier alpha value is -2.49. The third-order valence-corrected chi connectivity index (χ3v) is 4.98. The fourth-order valence-corrected chi connectivity index (χ4v) is 3.38. The van der Waals surface area contributed by atoms with E-state index in [0.29, 0.717) is 10.0 Å². The Morgan fingerprint density at radius 3 is 2.52 bits per heavy atom. The van der Waals surface area contributed by atoms with E-state index in [1.165, 1.54) is 5.56 Å². The molecule has 25 heavy (non-hydrogen) atoms. The lowest BCUT2D eigenvalue weighted by Gasteiger charge is -2.20. The van der Waals surface area contributed by atoms with E-state index in [9.17, 15) is 0 Å². The molecule has 0 saturated carbocycles. The summed E-state index contributed by atoms with van der Waals surface area (Å²) in [4.78, 5) is 7.45. The van der Waals surface area contributed by atoms with Crippen molar-refractivity contribution in [2.24, 2.45) is 0 Å². The molecule has 1 atom stereocenters. The quantitative estimate of drug-likeness (QED) is 0.484. The van der Waals surface area contributed by atoms with Crippen molar-refractivity contribution in [3.05, 3.63) is 101 Å². The third-order valence-electron chi connectivity index (χ3n) is 4.24. The minimum absolute atomic E-state index is 0.0133. The van der Waals surface area contributed by atoms with Crippen LogP contribution >= 0.6 is 23.2 Å². The van der Waals surface area contributed by atoms with Gasteiger partial charge < -0.3 is 9.55 Å². The van der Waals surface area contributed by atoms with Crippen LogP contribution in [0.3, 0.4) is 0 Å². The molecular formula is C20H15Cl2N3. The van der Waals surface area contributed by atoms with Crippen LogP contribution in [0.4, 0.5) is 0 Å². The van der Waals surface area contributed by atoms with E-state index in [4.69, 9.17) is 23.2 Å². The first-order valence-electron chi connectivity index (χ1n) is 7.88. The van der Waals surface area contributed by atoms with Crippen molar-refractivity contribution in [2.45, 2.75) is 6.04 Å². The van der Waals surface area contributed by atoms with Crippen molar-refractivity contribution in [3.8, 4) is 11.1 Å². The molecule has 0 spiro atoms. The summed E-state index contributed by atoms with van der Waals surface area (Å²) in [5.41, 5.74) is 4.43. The molecular weight excluding hydrogens is 353 g/mol. The van der Waals surface area contributed by atoms with Gasteiger partial charge in [0.1, 0.15) is 0 Å². The molecule has 2 heterocycles. The van der Waals surface area contributed by atoms with E-state index in [-0.39, 0.29) is 6.04 Å². The maximum Gasteiger partial charge on any atom is 0.0954 e. The average molecular weight is 368 g/mol. The normalized spacial score (nSPS) is 12.2. The first-order chi connectivity index (χ1) is 12.2. The predicted octanol–water partition coefficient (Wildman–Crippen LogP) is 5.82. The SMILES string of the molecule is Clc1ccc(-c2c[nH]cc2[C@H](c2ccccc2)n2ccnc2)cc1Cl. The molecule has 2 aromatic carbocycles. The van der Waals surface area contributed by atoms with Gasteiger partial charge in [-0.2, -0.15) is 0 Å². The molecule has 4 aromatic rings. The topological polar surface area (TPSA) is 33.6 Å². The van der Waals surface area contributed by atoms with E-state index >= 15 is 0 Å². The summed E-state index contributed by atoms with van der Waals surface area (Å²) in [6.45, 7) is 0. The molecule has 0 bridgehead atoms. The van der Waals surface area contributed by atoms with Crippen LogP contribution in [0.25, 0.3) is 11.1 Å². The number of halogens is 2. The van der Waals surface area contributed by atoms with Gasteiger partial charge in [-0.25, -0.2) is 4.98 Å². The van der Waals surface area contributed by atoms with E-state index < -0.39 is 0 Å². The number of aromatic amines is 1. The van der Waals surface area contributed by atoms with Crippen molar-refractivity contribution >= 4 is 23.2 Å². The van der Waals surface area contributed by atoms with Crippen molar-refractivity contribution in [1.82, 2.24) is 14.5 Å². The number of benzene rings is 2. The summed E-state index contributed by atoms with van der Waals surface area (Å²) < 4.78 is 2.10. The number of aromatic nitrogens is 3. The zero-order chi connectivity index (χ0) is 17.2. The summed E-state index contributed by atoms with van der Waals surface area (Å²) in [5.74, 6) is 0. The standard InChI is InChI=1S/C20H15Cl2N3/c21-18-7-6-15(10-19(18)22)16-11-24-12-17(16)20(25-9-8-23-13-25)14-4-2-1-3-5-14/h1-13,20,24H/t20-/m0/s1. The lowest BCUT2D eigenvalue weighted by atomic mass is 9.94. The Morgan fingerprint density at radius 2 is 1.80 bits per heavy atom. The molecule has 124 valence electrons. The van der Waals surface area contributed by atoms with Gasteiger partial charge in [-0.3, -0.25) is 0 Å². The van der Waals surface area contributed by atoms with E-state index in [1.54, 1.807) is 6.20 Å². The molecule has 4 rings (SSSR count). The maximum atomic E-state index is 6.22. The second-order valence-corrected chi connectivity index (χ2v) is 6.59. The van der Waals surface area contributed by atoms with Gasteiger partial charge in [-0.1, -0.05) is 59.6 Å². The molecule has 1 N–H and O–H groups in total. The summed E-state index contributed by atoms with van der Waals surface area (Å²) in [7, 11) is 0. The minimum Gasteiger partial charge on any atom is -0.367 e. The maximum absolute atomic E-state index is 6.22. The summed E-state index contributed by atoms with van der Waals surface area (Å²) in [6.07, 6.45) is 9.62. The fraction of sp³-hybridized carbons (Fsp3) is 0.0500. The highest BCUT2D eigenvalue weighted by atomic mass is 35.5. The zero-order valence-electron chi connectivity index (χ0n) is 13.2. The summed E-state index contributed by atoms with van der Waals surface area (Å²) in [6, 6.07) is 16.1. The molecule has 0 aliphatic heterocycles. The van der Waals surface area contributed by atoms with E-state index in [2.05, 4.69) is 26.7 Å². The van der Waals surface area contributed by atoms with Crippen LogP contribution in [0.1, 0.15) is 17.2 Å². The molecule has 0 amide bonds. The van der Waals surface area contributed by atoms with E-state index in [0.717, 1.165) is 16.7 Å². The molecule has 3 nitrogen and oxygen atoms in total. The lowest BCUT2D eigenvalue weighted by Crippen LogP contribution is -2.10. The number of H-pyrrole nitrogens is 1. The van der Waals surface area contributed by atoms with Crippen molar-refractivity contribution in [3.63, 3.8) is 0 Å². The van der Waals surface area contributed by atoms with Crippen LogP contribution in [0.5, 0.6) is 0 Å². The molecule has 0 radical (unpaired) electrons. The van der Waals surface area contributed by atoms with Gasteiger partial charge in [0.2, 0.25) is 0 Å². The number of nitrogens with one attached hydrogen (secondary N) is 1. The van der Waals surface area contributed by atoms with Crippen molar-refractivity contribution < 1.29 is 0 Å². The second-order valence-electron chi connectivity index (χ2n) is 5.78. The monoisotopic (exact) mass is 367 g/mol. The van der Waals surface area contributed by atoms with Crippen molar-refractivity contribution in [1.29, 1.82) is 0 Å². The average Bonchev–Trinajstić information content (AvgIpc) is 3.31. The first kappa shape index (κ1) is 16.0. The smallest absolute Gasteiger partial charge is 0.0954 e. The molecule has 5 heteroatoms. The Kier molecular flexibility index (Phi) is 4.35. The lowest BCUT2D eigenvalue weighted by molar-refractivity contribution is 0.679. The van der Waals surface area contributed by atoms with Crippen LogP contribution in [0.2, 0.25) is 10.0 Å². The Bertz CT molecular complexity index is 975. The van der Waals surface area contributed by atoms with Gasteiger partial charge in [0.15, 0.2) is 0 Å². The van der Waals surface area contributed by atoms with Gasteiger partial charge in [0, 0.05) is 35.9 Å². The first-order valence-corrected chi connectivity index (χ1v) is 8.64. The minimum atomic E-state index is 0.0133. The highest BCUT2D eigenvalue weighted by Crippen LogP contribution is 2.36. The van der Waals surface area contributed by atoms with Crippen LogP contribution in [0, 0.1) is 0 Å². The van der Waals surface area contributed by atoms with Gasteiger partial charge in [-0.05, 0) is 23.3 Å². The molecule has 0 fully saturated rings. The summed E-state index contributed by atoms with van der Waals surface area (Å²) in [5, 5.41) is 1.10. The van der Waals surface area contributed by atoms with E-state index in [1.807, 2.05) is 61.3 Å². The molecule has 2 aromatic heterocycles. The van der Waals surface area contributed by atoms with Crippen LogP contribution in [-0.2, 0) is 0 Å². The summed E-state index contributed by atoms with van der Waals surface area (Å²) >= 11 is 12.3. The predicted molar refractivity (Wildman–Crippen MR) is 102 cm³/mol. The highest BCUT2D eigenvalue weighted by molar-refractivity contribution is 6.42. The number of hydrogen-bond donors (Lipinski definition) is 1. The molecule has 0 saturated heterocycles. The number of imidazole rings is 1. The molecule has 0 aliphatic carbocycles. The second kappa shape index (κ2) is 6.79. The van der Waals surface area contributed by atoms with Crippen LogP contribution in [0.15, 0.2) is 79.6 Å². The largest absolute Gasteiger partial charge is 0.367 e. The Morgan fingerprint density at radius 1 is 0.960 bits per heavy atom. The fourth-order valence-electron chi connectivity index (χ4n) is 3.09. The number of rotatable bonds is 4. The van der Waals surface area contributed by atoms with Crippen LogP contribution in [-0.4, -0.2) is 14.5 Å². The zero-order valence-corrected chi connectivity index (χ0v) is 14.7. The highest BCUT2D eigenvalue weighted by Gasteiger charge is 2.21. The Labute approximate surface area is 155 Å². The number of hydrogen-bond acceptors (Lipinski definition) is 1. The molecule has 0 aliphatic rings. The Balaban J connectivity index is 1.87. The third kappa shape index (κ3) is 3.09. The van der Waals surface area contributed by atoms with Gasteiger partial charge in [0.25, 0.3) is 0 Å². The van der Waals surface area contributed by atoms with Gasteiger partial charge >= 0.3 is 0 Å². The van der Waals surface area contributed by atoms with Crippen molar-refractivity contribution in [2.75, 3.05) is 0 Å². The molecule has 0 unspecified atom stereocenters.